The van der Waals surface area contributed by atoms with Crippen molar-refractivity contribution < 1.29 is 26.7 Å². The molecule has 0 bridgehead atoms. The molecular weight excluding hydrogens is 428 g/mol. The number of amides is 1. The van der Waals surface area contributed by atoms with Crippen molar-refractivity contribution >= 4 is 15.9 Å². The van der Waals surface area contributed by atoms with Crippen LogP contribution in [-0.2, 0) is 19.6 Å². The molecule has 31 heavy (non-hydrogen) atoms. The molecule has 3 aliphatic rings. The molecule has 1 aromatic rings. The van der Waals surface area contributed by atoms with E-state index < -0.39 is 21.7 Å². The van der Waals surface area contributed by atoms with Gasteiger partial charge in [-0.3, -0.25) is 9.69 Å². The second-order valence-electron chi connectivity index (χ2n) is 8.52. The third-order valence-electron chi connectivity index (χ3n) is 6.50. The number of hydrogen-bond donors (Lipinski definition) is 0. The molecule has 3 heterocycles. The van der Waals surface area contributed by atoms with Gasteiger partial charge in [0.2, 0.25) is 15.9 Å². The Morgan fingerprint density at radius 3 is 2.32 bits per heavy atom. The molecule has 3 saturated heterocycles. The number of carbonyl (C=O) groups is 1. The molecular formula is C21H29F2N3O4S. The maximum atomic E-state index is 13.5. The van der Waals surface area contributed by atoms with E-state index in [0.29, 0.717) is 38.1 Å². The van der Waals surface area contributed by atoms with Crippen LogP contribution in [0.25, 0.3) is 0 Å². The molecule has 0 spiro atoms. The Morgan fingerprint density at radius 1 is 1.00 bits per heavy atom. The smallest absolute Gasteiger partial charge is 0.243 e. The van der Waals surface area contributed by atoms with Crippen molar-refractivity contribution in [3.05, 3.63) is 29.8 Å². The lowest BCUT2D eigenvalue weighted by molar-refractivity contribution is -0.138. The zero-order valence-electron chi connectivity index (χ0n) is 17.5. The minimum absolute atomic E-state index is 0.0849. The lowest BCUT2D eigenvalue weighted by atomic mass is 9.96. The van der Waals surface area contributed by atoms with Crippen LogP contribution in [0.1, 0.15) is 25.7 Å². The topological polar surface area (TPSA) is 70.2 Å². The average Bonchev–Trinajstić information content (AvgIpc) is 3.29. The van der Waals surface area contributed by atoms with Crippen molar-refractivity contribution in [3.63, 3.8) is 0 Å². The summed E-state index contributed by atoms with van der Waals surface area (Å²) in [4.78, 5) is 16.9. The third-order valence-corrected chi connectivity index (χ3v) is 8.40. The number of piperazine rings is 1. The van der Waals surface area contributed by atoms with Crippen LogP contribution in [0.2, 0.25) is 0 Å². The van der Waals surface area contributed by atoms with Gasteiger partial charge in [0.05, 0.1) is 11.0 Å². The summed E-state index contributed by atoms with van der Waals surface area (Å²) in [6.45, 7) is 5.16. The Labute approximate surface area is 182 Å². The number of halogens is 2. The van der Waals surface area contributed by atoms with Gasteiger partial charge in [0.15, 0.2) is 11.6 Å². The van der Waals surface area contributed by atoms with E-state index in [0.717, 1.165) is 51.2 Å². The van der Waals surface area contributed by atoms with E-state index in [1.165, 1.54) is 4.31 Å². The Hall–Kier alpha value is -1.62. The van der Waals surface area contributed by atoms with E-state index in [2.05, 4.69) is 4.90 Å². The fraction of sp³-hybridized carbons (Fsp3) is 0.667. The van der Waals surface area contributed by atoms with Gasteiger partial charge >= 0.3 is 0 Å². The van der Waals surface area contributed by atoms with Crippen LogP contribution in [0.15, 0.2) is 23.1 Å². The molecule has 3 aliphatic heterocycles. The van der Waals surface area contributed by atoms with Crippen LogP contribution in [0.5, 0.6) is 0 Å². The van der Waals surface area contributed by atoms with Crippen LogP contribution in [-0.4, -0.2) is 87.0 Å². The fourth-order valence-electron chi connectivity index (χ4n) is 4.61. The molecule has 1 aromatic carbocycles. The largest absolute Gasteiger partial charge is 0.377 e. The Morgan fingerprint density at radius 2 is 1.71 bits per heavy atom. The fourth-order valence-corrected chi connectivity index (χ4v) is 6.10. The summed E-state index contributed by atoms with van der Waals surface area (Å²) in [6, 6.07) is 2.59. The molecule has 4 rings (SSSR count). The predicted molar refractivity (Wildman–Crippen MR) is 110 cm³/mol. The van der Waals surface area contributed by atoms with Gasteiger partial charge in [-0.25, -0.2) is 17.2 Å². The second-order valence-corrected chi connectivity index (χ2v) is 10.5. The number of sulfonamides is 1. The molecule has 3 fully saturated rings. The number of piperidine rings is 1. The first-order chi connectivity index (χ1) is 14.8. The molecule has 0 N–H and O–H groups in total. The third kappa shape index (κ3) is 5.08. The van der Waals surface area contributed by atoms with Gasteiger partial charge in [-0.15, -0.1) is 0 Å². The minimum atomic E-state index is -3.91. The molecule has 1 unspecified atom stereocenters. The summed E-state index contributed by atoms with van der Waals surface area (Å²) >= 11 is 0. The molecule has 7 nitrogen and oxygen atoms in total. The zero-order chi connectivity index (χ0) is 22.0. The van der Waals surface area contributed by atoms with Crippen molar-refractivity contribution in [2.45, 2.75) is 36.7 Å². The maximum Gasteiger partial charge on any atom is 0.243 e. The van der Waals surface area contributed by atoms with Crippen LogP contribution in [0.3, 0.4) is 0 Å². The van der Waals surface area contributed by atoms with Gasteiger partial charge < -0.3 is 9.64 Å². The molecule has 0 saturated carbocycles. The zero-order valence-corrected chi connectivity index (χ0v) is 18.3. The summed E-state index contributed by atoms with van der Waals surface area (Å²) in [5.41, 5.74) is 0. The summed E-state index contributed by atoms with van der Waals surface area (Å²) in [5.74, 6) is -2.40. The van der Waals surface area contributed by atoms with Crippen molar-refractivity contribution in [2.75, 3.05) is 52.4 Å². The highest BCUT2D eigenvalue weighted by Gasteiger charge is 2.35. The van der Waals surface area contributed by atoms with Gasteiger partial charge in [0, 0.05) is 58.3 Å². The highest BCUT2D eigenvalue weighted by atomic mass is 32.2. The molecule has 0 aliphatic carbocycles. The number of carbonyl (C=O) groups excluding carboxylic acids is 1. The number of benzene rings is 1. The molecule has 172 valence electrons. The Balaban J connectivity index is 1.27. The summed E-state index contributed by atoms with van der Waals surface area (Å²) in [6.07, 6.45) is 3.39. The lowest BCUT2D eigenvalue weighted by Gasteiger charge is -2.38. The van der Waals surface area contributed by atoms with E-state index in [4.69, 9.17) is 4.74 Å². The summed E-state index contributed by atoms with van der Waals surface area (Å²) in [7, 11) is -3.91. The van der Waals surface area contributed by atoms with Crippen LogP contribution < -0.4 is 0 Å². The Bertz CT molecular complexity index is 892. The van der Waals surface area contributed by atoms with Gasteiger partial charge in [0.1, 0.15) is 0 Å². The van der Waals surface area contributed by atoms with Gasteiger partial charge in [0.25, 0.3) is 0 Å². The predicted octanol–water partition coefficient (Wildman–Crippen LogP) is 1.69. The van der Waals surface area contributed by atoms with E-state index in [1.54, 1.807) is 0 Å². The lowest BCUT2D eigenvalue weighted by Crippen LogP contribution is -2.53. The first kappa shape index (κ1) is 22.6. The van der Waals surface area contributed by atoms with Crippen molar-refractivity contribution in [3.8, 4) is 0 Å². The van der Waals surface area contributed by atoms with Crippen molar-refractivity contribution in [1.29, 1.82) is 0 Å². The number of rotatable bonds is 5. The van der Waals surface area contributed by atoms with Crippen LogP contribution >= 0.6 is 0 Å². The standard InChI is InChI=1S/C21H29F2N3O4S/c22-19-4-3-18(14-20(19)23)31(28,29)26-7-5-16(6-8-26)21(27)25-11-9-24(10-12-25)15-17-2-1-13-30-17/h3-4,14,16-17H,1-2,5-13,15H2. The van der Waals surface area contributed by atoms with Crippen LogP contribution in [0, 0.1) is 17.6 Å². The van der Waals surface area contributed by atoms with E-state index >= 15 is 0 Å². The molecule has 1 atom stereocenters. The molecule has 1 amide bonds. The number of ether oxygens (including phenoxy) is 1. The van der Waals surface area contributed by atoms with Crippen molar-refractivity contribution in [1.82, 2.24) is 14.1 Å². The highest BCUT2D eigenvalue weighted by molar-refractivity contribution is 7.89. The second kappa shape index (κ2) is 9.48. The van der Waals surface area contributed by atoms with Gasteiger partial charge in [-0.05, 0) is 43.9 Å². The molecule has 0 aromatic heterocycles. The first-order valence-corrected chi connectivity index (χ1v) is 12.4. The van der Waals surface area contributed by atoms with Gasteiger partial charge in [-0.2, -0.15) is 4.31 Å². The quantitative estimate of drug-likeness (QED) is 0.673. The van der Waals surface area contributed by atoms with E-state index in [-0.39, 0.29) is 29.8 Å². The average molecular weight is 458 g/mol. The number of nitrogens with zero attached hydrogens (tertiary/aromatic N) is 3. The van der Waals surface area contributed by atoms with Crippen LogP contribution in [0.4, 0.5) is 8.78 Å². The highest BCUT2D eigenvalue weighted by Crippen LogP contribution is 2.26. The van der Waals surface area contributed by atoms with E-state index in [1.807, 2.05) is 4.90 Å². The SMILES string of the molecule is O=C(C1CCN(S(=O)(=O)c2ccc(F)c(F)c2)CC1)N1CCN(CC2CCCO2)CC1. The van der Waals surface area contributed by atoms with Crippen molar-refractivity contribution in [2.24, 2.45) is 5.92 Å². The monoisotopic (exact) mass is 457 g/mol. The maximum absolute atomic E-state index is 13.5. The number of hydrogen-bond acceptors (Lipinski definition) is 5. The van der Waals surface area contributed by atoms with E-state index in [9.17, 15) is 22.0 Å². The summed E-state index contributed by atoms with van der Waals surface area (Å²) < 4.78 is 59.0. The molecule has 10 heteroatoms. The first-order valence-electron chi connectivity index (χ1n) is 10.9. The molecule has 0 radical (unpaired) electrons. The minimum Gasteiger partial charge on any atom is -0.377 e. The Kier molecular flexibility index (Phi) is 6.90. The van der Waals surface area contributed by atoms with Gasteiger partial charge in [-0.1, -0.05) is 0 Å². The summed E-state index contributed by atoms with van der Waals surface area (Å²) in [5, 5.41) is 0. The normalized spacial score (nSPS) is 24.6.